The molecule has 2 aromatic carbocycles. The Labute approximate surface area is 230 Å². The lowest BCUT2D eigenvalue weighted by molar-refractivity contribution is -0.139. The first-order chi connectivity index (χ1) is 17.9. The first kappa shape index (κ1) is 25.2. The molecule has 9 heteroatoms. The summed E-state index contributed by atoms with van der Waals surface area (Å²) in [5, 5.41) is 0. The molecule has 0 amide bonds. The highest BCUT2D eigenvalue weighted by Crippen LogP contribution is 2.31. The lowest BCUT2D eigenvalue weighted by Gasteiger charge is -2.24. The van der Waals surface area contributed by atoms with Gasteiger partial charge in [-0.25, -0.2) is 9.79 Å². The van der Waals surface area contributed by atoms with Crippen molar-refractivity contribution >= 4 is 46.0 Å². The number of nitrogens with zero attached hydrogens (tertiary/aromatic N) is 2. The van der Waals surface area contributed by atoms with Crippen LogP contribution < -0.4 is 19.6 Å². The van der Waals surface area contributed by atoms with Gasteiger partial charge in [0, 0.05) is 15.2 Å². The summed E-state index contributed by atoms with van der Waals surface area (Å²) in [5.41, 5.74) is 2.31. The van der Waals surface area contributed by atoms with Crippen molar-refractivity contribution in [1.29, 1.82) is 0 Å². The van der Waals surface area contributed by atoms with Gasteiger partial charge < -0.3 is 13.9 Å². The second kappa shape index (κ2) is 10.5. The van der Waals surface area contributed by atoms with E-state index in [4.69, 9.17) is 13.9 Å². The fourth-order valence-electron chi connectivity index (χ4n) is 4.22. The zero-order valence-electron chi connectivity index (χ0n) is 20.4. The Bertz CT molecular complexity index is 1680. The fourth-order valence-corrected chi connectivity index (χ4v) is 5.61. The molecule has 0 aliphatic carbocycles. The number of hydrogen-bond donors (Lipinski definition) is 0. The molecule has 1 aliphatic rings. The van der Waals surface area contributed by atoms with Gasteiger partial charge >= 0.3 is 5.97 Å². The van der Waals surface area contributed by atoms with Gasteiger partial charge in [0.25, 0.3) is 5.56 Å². The molecule has 4 aromatic rings. The normalized spacial score (nSPS) is 15.4. The number of methoxy groups -OCH3 is 1. The van der Waals surface area contributed by atoms with Gasteiger partial charge in [-0.15, -0.1) is 0 Å². The molecule has 1 aliphatic heterocycles. The average Bonchev–Trinajstić information content (AvgIpc) is 3.48. The SMILES string of the molecule is CCOC(=O)C1=C(C)N=c2s/c(=C\c3ccc(-c4ccc(I)cc4)o3)c(=O)n2[C@@H]1c1ccc(OC)cc1. The summed E-state index contributed by atoms with van der Waals surface area (Å²) in [6.45, 7) is 3.73. The third-order valence-corrected chi connectivity index (χ3v) is 7.68. The largest absolute Gasteiger partial charge is 0.497 e. The highest BCUT2D eigenvalue weighted by molar-refractivity contribution is 14.1. The van der Waals surface area contributed by atoms with Crippen LogP contribution in [0.25, 0.3) is 17.4 Å². The quantitative estimate of drug-likeness (QED) is 0.230. The zero-order valence-corrected chi connectivity index (χ0v) is 23.3. The molecule has 0 unspecified atom stereocenters. The minimum absolute atomic E-state index is 0.219. The average molecular weight is 626 g/mol. The van der Waals surface area contributed by atoms with Crippen molar-refractivity contribution in [2.75, 3.05) is 13.7 Å². The van der Waals surface area contributed by atoms with Crippen LogP contribution >= 0.6 is 33.9 Å². The molecule has 7 nitrogen and oxygen atoms in total. The molecule has 2 aromatic heterocycles. The monoisotopic (exact) mass is 626 g/mol. The predicted octanol–water partition coefficient (Wildman–Crippen LogP) is 4.67. The van der Waals surface area contributed by atoms with Crippen molar-refractivity contribution in [3.8, 4) is 17.1 Å². The van der Waals surface area contributed by atoms with Crippen molar-refractivity contribution in [2.45, 2.75) is 19.9 Å². The summed E-state index contributed by atoms with van der Waals surface area (Å²) in [7, 11) is 1.59. The zero-order chi connectivity index (χ0) is 26.1. The molecule has 0 fully saturated rings. The Kier molecular flexibility index (Phi) is 7.16. The summed E-state index contributed by atoms with van der Waals surface area (Å²) < 4.78 is 19.8. The minimum Gasteiger partial charge on any atom is -0.497 e. The molecule has 5 rings (SSSR count). The van der Waals surface area contributed by atoms with Crippen molar-refractivity contribution in [2.24, 2.45) is 4.99 Å². The Morgan fingerprint density at radius 1 is 1.14 bits per heavy atom. The molecular weight excluding hydrogens is 603 g/mol. The van der Waals surface area contributed by atoms with Crippen molar-refractivity contribution < 1.29 is 18.7 Å². The summed E-state index contributed by atoms with van der Waals surface area (Å²) in [4.78, 5) is 31.8. The maximum atomic E-state index is 13.7. The molecule has 0 bridgehead atoms. The number of benzene rings is 2. The number of rotatable bonds is 6. The number of thiazole rings is 1. The second-order valence-corrected chi connectivity index (χ2v) is 10.5. The van der Waals surface area contributed by atoms with Gasteiger partial charge in [-0.3, -0.25) is 9.36 Å². The van der Waals surface area contributed by atoms with Gasteiger partial charge in [0.05, 0.1) is 35.6 Å². The Morgan fingerprint density at radius 2 is 1.86 bits per heavy atom. The third kappa shape index (κ3) is 4.93. The summed E-state index contributed by atoms with van der Waals surface area (Å²) >= 11 is 3.51. The van der Waals surface area contributed by atoms with Gasteiger partial charge in [0.1, 0.15) is 17.3 Å². The topological polar surface area (TPSA) is 83.0 Å². The maximum Gasteiger partial charge on any atom is 0.338 e. The van der Waals surface area contributed by atoms with Crippen LogP contribution in [0.3, 0.4) is 0 Å². The van der Waals surface area contributed by atoms with Gasteiger partial charge in [-0.1, -0.05) is 35.6 Å². The lowest BCUT2D eigenvalue weighted by Crippen LogP contribution is -2.39. The van der Waals surface area contributed by atoms with Crippen LogP contribution in [0.4, 0.5) is 0 Å². The van der Waals surface area contributed by atoms with E-state index in [2.05, 4.69) is 27.6 Å². The number of hydrogen-bond acceptors (Lipinski definition) is 7. The van der Waals surface area contributed by atoms with E-state index in [0.29, 0.717) is 37.9 Å². The van der Waals surface area contributed by atoms with Crippen LogP contribution in [0.15, 0.2) is 86.1 Å². The van der Waals surface area contributed by atoms with Crippen LogP contribution in [0.1, 0.15) is 31.2 Å². The van der Waals surface area contributed by atoms with Gasteiger partial charge in [-0.05, 0) is 78.4 Å². The van der Waals surface area contributed by atoms with E-state index in [1.54, 1.807) is 43.7 Å². The lowest BCUT2D eigenvalue weighted by atomic mass is 9.96. The van der Waals surface area contributed by atoms with E-state index in [1.807, 2.05) is 48.5 Å². The first-order valence-corrected chi connectivity index (χ1v) is 13.5. The Morgan fingerprint density at radius 3 is 2.54 bits per heavy atom. The van der Waals surface area contributed by atoms with E-state index >= 15 is 0 Å². The number of carbonyl (C=O) groups is 1. The van der Waals surface area contributed by atoms with Crippen LogP contribution in [0.2, 0.25) is 0 Å². The Balaban J connectivity index is 1.62. The molecule has 1 atom stereocenters. The van der Waals surface area contributed by atoms with Crippen LogP contribution in [0.5, 0.6) is 5.75 Å². The standard InChI is InChI=1S/C28H23IN2O5S/c1-4-35-27(33)24-16(2)30-28-31(25(24)18-7-11-20(34-3)12-8-18)26(32)23(37-28)15-21-13-14-22(36-21)17-5-9-19(29)10-6-17/h5-15,25H,4H2,1-3H3/b23-15-/t25-/m1/s1. The highest BCUT2D eigenvalue weighted by Gasteiger charge is 2.33. The number of halogens is 1. The number of esters is 1. The molecule has 188 valence electrons. The number of fused-ring (bicyclic) bond motifs is 1. The van der Waals surface area contributed by atoms with E-state index < -0.39 is 12.0 Å². The molecule has 0 spiro atoms. The third-order valence-electron chi connectivity index (χ3n) is 5.98. The number of ether oxygens (including phenoxy) is 2. The molecule has 37 heavy (non-hydrogen) atoms. The van der Waals surface area contributed by atoms with Gasteiger partial charge in [-0.2, -0.15) is 0 Å². The van der Waals surface area contributed by atoms with Crippen molar-refractivity contribution in [3.63, 3.8) is 0 Å². The van der Waals surface area contributed by atoms with E-state index in [-0.39, 0.29) is 12.2 Å². The molecular formula is C28H23IN2O5S. The number of carbonyl (C=O) groups excluding carboxylic acids is 1. The van der Waals surface area contributed by atoms with Gasteiger partial charge in [0.2, 0.25) is 0 Å². The minimum atomic E-state index is -0.678. The summed E-state index contributed by atoms with van der Waals surface area (Å²) in [6.07, 6.45) is 1.72. The number of aromatic nitrogens is 1. The number of allylic oxidation sites excluding steroid dienone is 1. The molecule has 0 radical (unpaired) electrons. The van der Waals surface area contributed by atoms with Crippen LogP contribution in [0, 0.1) is 3.57 Å². The summed E-state index contributed by atoms with van der Waals surface area (Å²) in [5.74, 6) is 1.46. The van der Waals surface area contributed by atoms with Crippen molar-refractivity contribution in [3.05, 3.63) is 107 Å². The van der Waals surface area contributed by atoms with Crippen LogP contribution in [-0.4, -0.2) is 24.3 Å². The molecule has 3 heterocycles. The smallest absolute Gasteiger partial charge is 0.338 e. The fraction of sp³-hybridized carbons (Fsp3) is 0.179. The Hall–Kier alpha value is -3.44. The molecule has 0 saturated carbocycles. The van der Waals surface area contributed by atoms with E-state index in [0.717, 1.165) is 14.7 Å². The predicted molar refractivity (Wildman–Crippen MR) is 150 cm³/mol. The number of furan rings is 1. The van der Waals surface area contributed by atoms with Crippen LogP contribution in [-0.2, 0) is 9.53 Å². The maximum absolute atomic E-state index is 13.7. The summed E-state index contributed by atoms with van der Waals surface area (Å²) in [6, 6.07) is 18.4. The van der Waals surface area contributed by atoms with Crippen molar-refractivity contribution in [1.82, 2.24) is 4.57 Å². The first-order valence-electron chi connectivity index (χ1n) is 11.6. The molecule has 0 N–H and O–H groups in total. The second-order valence-electron chi connectivity index (χ2n) is 8.28. The van der Waals surface area contributed by atoms with Gasteiger partial charge in [0.15, 0.2) is 4.80 Å². The van der Waals surface area contributed by atoms with E-state index in [9.17, 15) is 9.59 Å². The van der Waals surface area contributed by atoms with E-state index in [1.165, 1.54) is 11.3 Å². The molecule has 0 saturated heterocycles. The highest BCUT2D eigenvalue weighted by atomic mass is 127.